The maximum absolute atomic E-state index is 6.48. The minimum absolute atomic E-state index is 0.313. The molecule has 0 atom stereocenters. The van der Waals surface area contributed by atoms with E-state index in [0.717, 1.165) is 53.8 Å². The molecule has 0 amide bonds. The Labute approximate surface area is 158 Å². The first-order chi connectivity index (χ1) is 12.6. The van der Waals surface area contributed by atoms with Crippen molar-refractivity contribution in [3.05, 3.63) is 41.7 Å². The number of aromatic nitrogens is 3. The van der Waals surface area contributed by atoms with Crippen LogP contribution in [0.4, 0.5) is 5.82 Å². The molecule has 26 heavy (non-hydrogen) atoms. The molecule has 4 rings (SSSR count). The van der Waals surface area contributed by atoms with Gasteiger partial charge in [-0.05, 0) is 57.5 Å². The molecule has 1 aliphatic rings. The van der Waals surface area contributed by atoms with Crippen LogP contribution in [-0.4, -0.2) is 33.9 Å². The van der Waals surface area contributed by atoms with Crippen LogP contribution in [0.1, 0.15) is 32.7 Å². The zero-order valence-electron chi connectivity index (χ0n) is 15.2. The highest BCUT2D eigenvalue weighted by Crippen LogP contribution is 2.32. The molecule has 1 saturated heterocycles. The van der Waals surface area contributed by atoms with Crippen LogP contribution in [0.25, 0.3) is 22.0 Å². The number of hydrogen-bond acceptors (Lipinski definition) is 4. The van der Waals surface area contributed by atoms with Crippen molar-refractivity contribution < 1.29 is 0 Å². The van der Waals surface area contributed by atoms with Gasteiger partial charge in [0.2, 0.25) is 0 Å². The normalized spacial score (nSPS) is 15.7. The van der Waals surface area contributed by atoms with Crippen LogP contribution in [0, 0.1) is 0 Å². The third-order valence-electron chi connectivity index (χ3n) is 4.95. The van der Waals surface area contributed by atoms with E-state index >= 15 is 0 Å². The molecular weight excluding hydrogens is 346 g/mol. The molecule has 0 spiro atoms. The molecule has 3 aromatic rings. The van der Waals surface area contributed by atoms with Crippen molar-refractivity contribution in [1.82, 2.24) is 20.1 Å². The zero-order valence-corrected chi connectivity index (χ0v) is 15.9. The fourth-order valence-electron chi connectivity index (χ4n) is 3.53. The monoisotopic (exact) mass is 369 g/mol. The Balaban J connectivity index is 1.69. The number of nitrogens with zero attached hydrogens (tertiary/aromatic N) is 3. The highest BCUT2D eigenvalue weighted by molar-refractivity contribution is 6.33. The summed E-state index contributed by atoms with van der Waals surface area (Å²) in [7, 11) is 0. The second-order valence-corrected chi connectivity index (χ2v) is 7.58. The fourth-order valence-corrected chi connectivity index (χ4v) is 3.74. The van der Waals surface area contributed by atoms with Crippen LogP contribution in [0.15, 0.2) is 36.7 Å². The van der Waals surface area contributed by atoms with Gasteiger partial charge in [0, 0.05) is 29.2 Å². The fraction of sp³-hybridized carbons (Fsp3) is 0.400. The number of benzene rings is 1. The van der Waals surface area contributed by atoms with Crippen LogP contribution in [-0.2, 0) is 0 Å². The molecule has 0 radical (unpaired) electrons. The third kappa shape index (κ3) is 3.41. The van der Waals surface area contributed by atoms with Crippen molar-refractivity contribution in [3.63, 3.8) is 0 Å². The minimum Gasteiger partial charge on any atom is -0.367 e. The highest BCUT2D eigenvalue weighted by Gasteiger charge is 2.15. The van der Waals surface area contributed by atoms with Gasteiger partial charge < -0.3 is 10.6 Å². The van der Waals surface area contributed by atoms with Crippen LogP contribution in [0.3, 0.4) is 0 Å². The van der Waals surface area contributed by atoms with E-state index in [0.29, 0.717) is 17.1 Å². The molecule has 6 heteroatoms. The Morgan fingerprint density at radius 1 is 1.19 bits per heavy atom. The summed E-state index contributed by atoms with van der Waals surface area (Å²) < 4.78 is 2.04. The maximum Gasteiger partial charge on any atom is 0.126 e. The first-order valence-electron chi connectivity index (χ1n) is 9.22. The molecule has 1 aromatic carbocycles. The summed E-state index contributed by atoms with van der Waals surface area (Å²) in [5.74, 6) is 0.883. The molecule has 0 unspecified atom stereocenters. The Morgan fingerprint density at radius 2 is 2.00 bits per heavy atom. The first-order valence-corrected chi connectivity index (χ1v) is 9.60. The first kappa shape index (κ1) is 17.3. The smallest absolute Gasteiger partial charge is 0.126 e. The summed E-state index contributed by atoms with van der Waals surface area (Å²) in [6.07, 6.45) is 5.87. The SMILES string of the molecule is CC(C)n1ncc2ccc(-c3cc(NC4CCNCC4)ncc3Cl)cc21. The Bertz CT molecular complexity index is 912. The van der Waals surface area contributed by atoms with E-state index in [1.807, 2.05) is 10.9 Å². The standard InChI is InChI=1S/C20H24ClN5/c1-13(2)26-19-9-14(3-4-15(19)11-24-26)17-10-20(23-12-18(17)21)25-16-5-7-22-8-6-16/h3-4,9-13,16,22H,5-8H2,1-2H3,(H,23,25). The number of nitrogens with one attached hydrogen (secondary N) is 2. The summed E-state index contributed by atoms with van der Waals surface area (Å²) in [5.41, 5.74) is 3.20. The molecule has 0 aliphatic carbocycles. The van der Waals surface area contributed by atoms with Crippen molar-refractivity contribution >= 4 is 28.3 Å². The van der Waals surface area contributed by atoms with Crippen molar-refractivity contribution in [2.24, 2.45) is 0 Å². The number of halogens is 1. The lowest BCUT2D eigenvalue weighted by molar-refractivity contribution is 0.478. The Morgan fingerprint density at radius 3 is 2.77 bits per heavy atom. The topological polar surface area (TPSA) is 54.8 Å². The van der Waals surface area contributed by atoms with E-state index in [9.17, 15) is 0 Å². The Kier molecular flexibility index (Phi) is 4.83. The quantitative estimate of drug-likeness (QED) is 0.711. The number of pyridine rings is 1. The van der Waals surface area contributed by atoms with Gasteiger partial charge >= 0.3 is 0 Å². The van der Waals surface area contributed by atoms with Crippen molar-refractivity contribution in [1.29, 1.82) is 0 Å². The molecule has 0 saturated carbocycles. The lowest BCUT2D eigenvalue weighted by atomic mass is 10.0. The summed E-state index contributed by atoms with van der Waals surface area (Å²) in [6.45, 7) is 6.38. The van der Waals surface area contributed by atoms with Gasteiger partial charge in [0.15, 0.2) is 0 Å². The van der Waals surface area contributed by atoms with Crippen LogP contribution >= 0.6 is 11.6 Å². The van der Waals surface area contributed by atoms with Gasteiger partial charge in [-0.25, -0.2) is 4.98 Å². The van der Waals surface area contributed by atoms with Gasteiger partial charge in [-0.15, -0.1) is 0 Å². The van der Waals surface area contributed by atoms with Gasteiger partial charge in [0.25, 0.3) is 0 Å². The molecule has 1 aliphatic heterocycles. The minimum atomic E-state index is 0.313. The Hall–Kier alpha value is -2.11. The van der Waals surface area contributed by atoms with E-state index in [-0.39, 0.29) is 0 Å². The highest BCUT2D eigenvalue weighted by atomic mass is 35.5. The van der Waals surface area contributed by atoms with Crippen molar-refractivity contribution in [2.75, 3.05) is 18.4 Å². The number of piperidine rings is 1. The van der Waals surface area contributed by atoms with Crippen LogP contribution in [0.5, 0.6) is 0 Å². The zero-order chi connectivity index (χ0) is 18.1. The van der Waals surface area contributed by atoms with E-state index in [1.54, 1.807) is 6.20 Å². The predicted octanol–water partition coefficient (Wildman–Crippen LogP) is 4.50. The summed E-state index contributed by atoms with van der Waals surface area (Å²) in [6, 6.07) is 9.20. The molecule has 1 fully saturated rings. The van der Waals surface area contributed by atoms with Crippen molar-refractivity contribution in [2.45, 2.75) is 38.8 Å². The lowest BCUT2D eigenvalue weighted by Crippen LogP contribution is -2.35. The van der Waals surface area contributed by atoms with E-state index in [1.165, 1.54) is 0 Å². The van der Waals surface area contributed by atoms with Gasteiger partial charge in [-0.3, -0.25) is 4.68 Å². The largest absolute Gasteiger partial charge is 0.367 e. The summed E-state index contributed by atoms with van der Waals surface area (Å²) in [4.78, 5) is 4.48. The van der Waals surface area contributed by atoms with E-state index in [2.05, 4.69) is 58.8 Å². The van der Waals surface area contributed by atoms with E-state index < -0.39 is 0 Å². The van der Waals surface area contributed by atoms with Gasteiger partial charge in [-0.2, -0.15) is 5.10 Å². The molecule has 0 bridgehead atoms. The van der Waals surface area contributed by atoms with Gasteiger partial charge in [-0.1, -0.05) is 23.7 Å². The van der Waals surface area contributed by atoms with Crippen molar-refractivity contribution in [3.8, 4) is 11.1 Å². The molecule has 2 N–H and O–H groups in total. The second kappa shape index (κ2) is 7.25. The molecule has 2 aromatic heterocycles. The molecular formula is C20H24ClN5. The lowest BCUT2D eigenvalue weighted by Gasteiger charge is -2.24. The third-order valence-corrected chi connectivity index (χ3v) is 5.25. The van der Waals surface area contributed by atoms with E-state index in [4.69, 9.17) is 11.6 Å². The maximum atomic E-state index is 6.48. The summed E-state index contributed by atoms with van der Waals surface area (Å²) in [5, 5.41) is 13.2. The molecule has 5 nitrogen and oxygen atoms in total. The van der Waals surface area contributed by atoms with Crippen LogP contribution < -0.4 is 10.6 Å². The van der Waals surface area contributed by atoms with Gasteiger partial charge in [0.1, 0.15) is 5.82 Å². The number of fused-ring (bicyclic) bond motifs is 1. The number of hydrogen-bond donors (Lipinski definition) is 2. The number of rotatable bonds is 4. The average molecular weight is 370 g/mol. The number of anilines is 1. The van der Waals surface area contributed by atoms with Crippen LogP contribution in [0.2, 0.25) is 5.02 Å². The molecule has 136 valence electrons. The summed E-state index contributed by atoms with van der Waals surface area (Å²) >= 11 is 6.48. The molecule has 3 heterocycles. The average Bonchev–Trinajstić information content (AvgIpc) is 3.07. The second-order valence-electron chi connectivity index (χ2n) is 7.17. The van der Waals surface area contributed by atoms with Gasteiger partial charge in [0.05, 0.1) is 16.7 Å². The predicted molar refractivity (Wildman–Crippen MR) is 108 cm³/mol.